The van der Waals surface area contributed by atoms with Gasteiger partial charge in [-0.1, -0.05) is 0 Å². The van der Waals surface area contributed by atoms with Gasteiger partial charge in [0.15, 0.2) is 12.4 Å². The molecular weight excluding hydrogens is 294 g/mol. The molecule has 0 aromatic carbocycles. The predicted molar refractivity (Wildman–Crippen MR) is 76.1 cm³/mol. The topological polar surface area (TPSA) is 103 Å². The Balaban J connectivity index is 2.83. The van der Waals surface area contributed by atoms with Gasteiger partial charge in [0, 0.05) is 20.5 Å². The maximum absolute atomic E-state index is 11.9. The Hall–Kier alpha value is -1.38. The fraction of sp³-hybridized carbons (Fsp3) is 0.857. The summed E-state index contributed by atoms with van der Waals surface area (Å²) in [5, 5.41) is 11.9. The number of esters is 1. The summed E-state index contributed by atoms with van der Waals surface area (Å²) in [6, 6.07) is -0.588. The Morgan fingerprint density at radius 2 is 2.00 bits per heavy atom. The number of carbonyl (C=O) groups excluding carboxylic acids is 2. The maximum Gasteiger partial charge on any atom is 0.408 e. The molecule has 22 heavy (non-hydrogen) atoms. The minimum atomic E-state index is -0.880. The first-order chi connectivity index (χ1) is 10.2. The van der Waals surface area contributed by atoms with Gasteiger partial charge in [-0.2, -0.15) is 0 Å². The van der Waals surface area contributed by atoms with E-state index in [1.54, 1.807) is 20.8 Å². The largest absolute Gasteiger partial charge is 0.455 e. The van der Waals surface area contributed by atoms with Crippen LogP contribution in [0.15, 0.2) is 0 Å². The second-order valence-electron chi connectivity index (χ2n) is 6.11. The minimum absolute atomic E-state index is 0.237. The van der Waals surface area contributed by atoms with E-state index in [9.17, 15) is 14.7 Å². The lowest BCUT2D eigenvalue weighted by atomic mass is 9.99. The van der Waals surface area contributed by atoms with Crippen molar-refractivity contribution in [3.63, 3.8) is 0 Å². The molecule has 0 bridgehead atoms. The molecule has 8 nitrogen and oxygen atoms in total. The molecule has 0 radical (unpaired) electrons. The van der Waals surface area contributed by atoms with E-state index >= 15 is 0 Å². The van der Waals surface area contributed by atoms with E-state index in [0.717, 1.165) is 0 Å². The third-order valence-corrected chi connectivity index (χ3v) is 2.95. The van der Waals surface area contributed by atoms with E-state index < -0.39 is 42.2 Å². The van der Waals surface area contributed by atoms with Gasteiger partial charge in [-0.15, -0.1) is 0 Å². The van der Waals surface area contributed by atoms with Crippen molar-refractivity contribution in [3.05, 3.63) is 0 Å². The van der Waals surface area contributed by atoms with Gasteiger partial charge in [-0.05, 0) is 20.8 Å². The fourth-order valence-electron chi connectivity index (χ4n) is 2.17. The molecule has 0 saturated carbocycles. The molecule has 8 heteroatoms. The van der Waals surface area contributed by atoms with Crippen LogP contribution in [-0.2, 0) is 23.7 Å². The molecule has 2 N–H and O–H groups in total. The maximum atomic E-state index is 11.9. The second-order valence-corrected chi connectivity index (χ2v) is 6.11. The third-order valence-electron chi connectivity index (χ3n) is 2.95. The Labute approximate surface area is 130 Å². The smallest absolute Gasteiger partial charge is 0.408 e. The van der Waals surface area contributed by atoms with E-state index in [1.807, 2.05) is 0 Å². The molecule has 128 valence electrons. The normalized spacial score (nSPS) is 28.8. The molecule has 1 fully saturated rings. The Morgan fingerprint density at radius 3 is 2.45 bits per heavy atom. The average molecular weight is 319 g/mol. The van der Waals surface area contributed by atoms with E-state index in [0.29, 0.717) is 0 Å². The minimum Gasteiger partial charge on any atom is -0.455 e. The number of hydrogen-bond donors (Lipinski definition) is 2. The molecule has 0 aromatic rings. The molecule has 0 aliphatic carbocycles. The molecular formula is C14H25NO7. The van der Waals surface area contributed by atoms with Gasteiger partial charge < -0.3 is 29.4 Å². The van der Waals surface area contributed by atoms with Crippen LogP contribution < -0.4 is 5.32 Å². The van der Waals surface area contributed by atoms with Crippen LogP contribution in [0, 0.1) is 0 Å². The summed E-state index contributed by atoms with van der Waals surface area (Å²) in [6.45, 7) is 6.26. The van der Waals surface area contributed by atoms with Gasteiger partial charge in [0.25, 0.3) is 0 Å². The van der Waals surface area contributed by atoms with Gasteiger partial charge in [0.2, 0.25) is 0 Å². The number of alkyl carbamates (subject to hydrolysis) is 1. The van der Waals surface area contributed by atoms with Crippen molar-refractivity contribution in [1.29, 1.82) is 0 Å². The third kappa shape index (κ3) is 5.78. The summed E-state index contributed by atoms with van der Waals surface area (Å²) in [5.74, 6) is -0.519. The average Bonchev–Trinajstić information content (AvgIpc) is 2.37. The number of carbonyl (C=O) groups is 2. The molecule has 0 unspecified atom stereocenters. The van der Waals surface area contributed by atoms with Crippen LogP contribution in [0.1, 0.15) is 34.1 Å². The van der Waals surface area contributed by atoms with E-state index in [4.69, 9.17) is 18.9 Å². The number of aliphatic hydroxyl groups is 1. The van der Waals surface area contributed by atoms with Crippen molar-refractivity contribution < 1.29 is 33.6 Å². The van der Waals surface area contributed by atoms with Crippen LogP contribution >= 0.6 is 0 Å². The highest BCUT2D eigenvalue weighted by Gasteiger charge is 2.42. The molecule has 1 heterocycles. The number of hydrogen-bond acceptors (Lipinski definition) is 7. The van der Waals surface area contributed by atoms with Crippen molar-refractivity contribution in [1.82, 2.24) is 5.32 Å². The molecule has 1 aliphatic heterocycles. The molecule has 1 aliphatic rings. The first-order valence-corrected chi connectivity index (χ1v) is 7.12. The van der Waals surface area contributed by atoms with Gasteiger partial charge >= 0.3 is 12.1 Å². The van der Waals surface area contributed by atoms with Crippen LogP contribution in [-0.4, -0.2) is 61.0 Å². The number of methoxy groups -OCH3 is 1. The van der Waals surface area contributed by atoms with Crippen LogP contribution in [0.2, 0.25) is 0 Å². The van der Waals surface area contributed by atoms with E-state index in [1.165, 1.54) is 14.0 Å². The van der Waals surface area contributed by atoms with Crippen molar-refractivity contribution >= 4 is 12.1 Å². The van der Waals surface area contributed by atoms with Crippen molar-refractivity contribution in [2.24, 2.45) is 0 Å². The van der Waals surface area contributed by atoms with Crippen LogP contribution in [0.25, 0.3) is 0 Å². The van der Waals surface area contributed by atoms with Crippen LogP contribution in [0.3, 0.4) is 0 Å². The summed E-state index contributed by atoms with van der Waals surface area (Å²) in [4.78, 5) is 23.2. The number of ether oxygens (including phenoxy) is 4. The van der Waals surface area contributed by atoms with Crippen LogP contribution in [0.4, 0.5) is 4.79 Å². The highest BCUT2D eigenvalue weighted by molar-refractivity contribution is 5.69. The summed E-state index contributed by atoms with van der Waals surface area (Å²) in [5.41, 5.74) is -0.650. The number of nitrogens with one attached hydrogen (secondary N) is 1. The van der Waals surface area contributed by atoms with E-state index in [-0.39, 0.29) is 13.0 Å². The van der Waals surface area contributed by atoms with Gasteiger partial charge in [-0.25, -0.2) is 4.79 Å². The number of aliphatic hydroxyl groups excluding tert-OH is 1. The SMILES string of the molecule is CO[C@@H]1O[C@H](CO)C[C@H](NC(=O)OC(C)(C)C)[C@H]1OC(C)=O. The first-order valence-electron chi connectivity index (χ1n) is 7.12. The predicted octanol–water partition coefficient (Wildman–Crippen LogP) is 0.565. The molecule has 0 aromatic heterocycles. The van der Waals surface area contributed by atoms with Crippen molar-refractivity contribution in [2.75, 3.05) is 13.7 Å². The lowest BCUT2D eigenvalue weighted by molar-refractivity contribution is -0.249. The number of amides is 1. The zero-order valence-electron chi connectivity index (χ0n) is 13.6. The van der Waals surface area contributed by atoms with Gasteiger partial charge in [0.1, 0.15) is 5.60 Å². The van der Waals surface area contributed by atoms with E-state index in [2.05, 4.69) is 5.32 Å². The molecule has 1 saturated heterocycles. The van der Waals surface area contributed by atoms with Gasteiger partial charge in [-0.3, -0.25) is 4.79 Å². The second kappa shape index (κ2) is 7.75. The van der Waals surface area contributed by atoms with Crippen molar-refractivity contribution in [3.8, 4) is 0 Å². The lowest BCUT2D eigenvalue weighted by Gasteiger charge is -2.40. The van der Waals surface area contributed by atoms with Gasteiger partial charge in [0.05, 0.1) is 18.8 Å². The molecule has 4 atom stereocenters. The van der Waals surface area contributed by atoms with Crippen molar-refractivity contribution in [2.45, 2.75) is 64.3 Å². The number of rotatable bonds is 4. The zero-order valence-corrected chi connectivity index (χ0v) is 13.6. The Bertz CT molecular complexity index is 393. The quantitative estimate of drug-likeness (QED) is 0.730. The lowest BCUT2D eigenvalue weighted by Crippen LogP contribution is -2.58. The summed E-state index contributed by atoms with van der Waals surface area (Å²) >= 11 is 0. The first kappa shape index (κ1) is 18.7. The summed E-state index contributed by atoms with van der Waals surface area (Å²) in [6.07, 6.45) is -2.60. The highest BCUT2D eigenvalue weighted by atomic mass is 16.7. The Kier molecular flexibility index (Phi) is 6.58. The monoisotopic (exact) mass is 319 g/mol. The fourth-order valence-corrected chi connectivity index (χ4v) is 2.17. The summed E-state index contributed by atoms with van der Waals surface area (Å²) in [7, 11) is 1.39. The zero-order chi connectivity index (χ0) is 16.9. The molecule has 1 rings (SSSR count). The molecule has 1 amide bonds. The molecule has 0 spiro atoms. The standard InChI is InChI=1S/C14H25NO7/c1-8(17)20-11-10(15-13(18)22-14(2,3)4)6-9(7-16)21-12(11)19-5/h9-12,16H,6-7H2,1-5H3,(H,15,18)/t9-,10-,11+,12+/m0/s1. The summed E-state index contributed by atoms with van der Waals surface area (Å²) < 4.78 is 21.0. The Morgan fingerprint density at radius 1 is 1.36 bits per heavy atom. The van der Waals surface area contributed by atoms with Crippen LogP contribution in [0.5, 0.6) is 0 Å². The highest BCUT2D eigenvalue weighted by Crippen LogP contribution is 2.24.